The van der Waals surface area contributed by atoms with E-state index in [9.17, 15) is 0 Å². The number of aromatic nitrogens is 2. The molecule has 0 aliphatic carbocycles. The molecule has 0 spiro atoms. The predicted octanol–water partition coefficient (Wildman–Crippen LogP) is 2.47. The Morgan fingerprint density at radius 2 is 2.16 bits per heavy atom. The third-order valence-electron chi connectivity index (χ3n) is 3.81. The second kappa shape index (κ2) is 6.53. The Balaban J connectivity index is 2.28. The molecule has 1 saturated heterocycles. The first-order valence-electron chi connectivity index (χ1n) is 7.57. The Morgan fingerprint density at radius 1 is 1.37 bits per heavy atom. The topological polar surface area (TPSA) is 39.1 Å². The summed E-state index contributed by atoms with van der Waals surface area (Å²) >= 11 is 0. The van der Waals surface area contributed by atoms with E-state index in [0.29, 0.717) is 12.1 Å². The maximum absolute atomic E-state index is 5.52. The molecule has 4 nitrogen and oxygen atoms in total. The quantitative estimate of drug-likeness (QED) is 0.859. The Bertz CT molecular complexity index is 406. The van der Waals surface area contributed by atoms with Crippen LogP contribution in [0.4, 0.5) is 0 Å². The van der Waals surface area contributed by atoms with Gasteiger partial charge in [-0.2, -0.15) is 5.10 Å². The van der Waals surface area contributed by atoms with Gasteiger partial charge in [-0.05, 0) is 19.3 Å². The van der Waals surface area contributed by atoms with Gasteiger partial charge in [-0.15, -0.1) is 0 Å². The first-order chi connectivity index (χ1) is 9.17. The summed E-state index contributed by atoms with van der Waals surface area (Å²) < 4.78 is 7.75. The van der Waals surface area contributed by atoms with Gasteiger partial charge < -0.3 is 10.1 Å². The van der Waals surface area contributed by atoms with Gasteiger partial charge in [0.05, 0.1) is 18.3 Å². The fourth-order valence-corrected chi connectivity index (χ4v) is 2.74. The number of rotatable bonds is 6. The standard InChI is InChI=1S/C15H27N3O/c1-5-14-13(9-16-11(3)4)15(6-2)18(17-14)12-7-8-19-10-12/h11-12,16H,5-10H2,1-4H3. The van der Waals surface area contributed by atoms with E-state index in [2.05, 4.69) is 37.7 Å². The van der Waals surface area contributed by atoms with Gasteiger partial charge in [-0.3, -0.25) is 4.68 Å². The van der Waals surface area contributed by atoms with Crippen molar-refractivity contribution < 1.29 is 4.74 Å². The lowest BCUT2D eigenvalue weighted by Gasteiger charge is -2.14. The summed E-state index contributed by atoms with van der Waals surface area (Å²) in [7, 11) is 0. The Hall–Kier alpha value is -0.870. The average Bonchev–Trinajstić information content (AvgIpc) is 3.02. The van der Waals surface area contributed by atoms with Gasteiger partial charge in [0.15, 0.2) is 0 Å². The van der Waals surface area contributed by atoms with Crippen LogP contribution in [0.25, 0.3) is 0 Å². The third-order valence-corrected chi connectivity index (χ3v) is 3.81. The number of nitrogens with zero attached hydrogens (tertiary/aromatic N) is 2. The highest BCUT2D eigenvalue weighted by atomic mass is 16.5. The van der Waals surface area contributed by atoms with E-state index in [4.69, 9.17) is 9.84 Å². The highest BCUT2D eigenvalue weighted by Crippen LogP contribution is 2.25. The molecule has 4 heteroatoms. The molecule has 0 amide bonds. The molecule has 1 aromatic heterocycles. The molecule has 0 saturated carbocycles. The van der Waals surface area contributed by atoms with E-state index < -0.39 is 0 Å². The van der Waals surface area contributed by atoms with Crippen LogP contribution in [-0.4, -0.2) is 29.0 Å². The van der Waals surface area contributed by atoms with Crippen molar-refractivity contribution in [1.29, 1.82) is 0 Å². The summed E-state index contributed by atoms with van der Waals surface area (Å²) in [4.78, 5) is 0. The lowest BCUT2D eigenvalue weighted by atomic mass is 10.1. The van der Waals surface area contributed by atoms with Crippen LogP contribution in [0, 0.1) is 0 Å². The van der Waals surface area contributed by atoms with Crippen molar-refractivity contribution in [3.8, 4) is 0 Å². The molecule has 0 aromatic carbocycles. The van der Waals surface area contributed by atoms with Gasteiger partial charge in [0.25, 0.3) is 0 Å². The third kappa shape index (κ3) is 3.18. The summed E-state index contributed by atoms with van der Waals surface area (Å²) in [5.74, 6) is 0. The predicted molar refractivity (Wildman–Crippen MR) is 77.4 cm³/mol. The summed E-state index contributed by atoms with van der Waals surface area (Å²) in [6.45, 7) is 11.4. The monoisotopic (exact) mass is 265 g/mol. The van der Waals surface area contributed by atoms with Gasteiger partial charge in [0.1, 0.15) is 0 Å². The largest absolute Gasteiger partial charge is 0.379 e. The van der Waals surface area contributed by atoms with Gasteiger partial charge in [-0.25, -0.2) is 0 Å². The first-order valence-corrected chi connectivity index (χ1v) is 7.57. The molecule has 1 N–H and O–H groups in total. The minimum absolute atomic E-state index is 0.438. The lowest BCUT2D eigenvalue weighted by molar-refractivity contribution is 0.184. The Kier molecular flexibility index (Phi) is 4.99. The molecular weight excluding hydrogens is 238 g/mol. The van der Waals surface area contributed by atoms with Gasteiger partial charge in [0.2, 0.25) is 0 Å². The van der Waals surface area contributed by atoms with Crippen LogP contribution in [0.15, 0.2) is 0 Å². The fraction of sp³-hybridized carbons (Fsp3) is 0.800. The van der Waals surface area contributed by atoms with Crippen LogP contribution in [0.3, 0.4) is 0 Å². The summed E-state index contributed by atoms with van der Waals surface area (Å²) in [5, 5.41) is 8.39. The van der Waals surface area contributed by atoms with Gasteiger partial charge in [-0.1, -0.05) is 27.7 Å². The first kappa shape index (κ1) is 14.5. The minimum atomic E-state index is 0.438. The van der Waals surface area contributed by atoms with Crippen LogP contribution in [0.5, 0.6) is 0 Å². The van der Waals surface area contributed by atoms with E-state index in [0.717, 1.165) is 39.0 Å². The SMILES string of the molecule is CCc1nn(C2CCOC2)c(CC)c1CNC(C)C. The zero-order valence-electron chi connectivity index (χ0n) is 12.7. The second-order valence-corrected chi connectivity index (χ2v) is 5.58. The van der Waals surface area contributed by atoms with Gasteiger partial charge in [0, 0.05) is 30.5 Å². The number of aryl methyl sites for hydroxylation is 1. The lowest BCUT2D eigenvalue weighted by Crippen LogP contribution is -2.23. The minimum Gasteiger partial charge on any atom is -0.379 e. The Morgan fingerprint density at radius 3 is 2.68 bits per heavy atom. The smallest absolute Gasteiger partial charge is 0.0777 e. The molecule has 1 aliphatic heterocycles. The van der Waals surface area contributed by atoms with Crippen LogP contribution < -0.4 is 5.32 Å². The molecule has 1 atom stereocenters. The zero-order chi connectivity index (χ0) is 13.8. The number of hydrogen-bond acceptors (Lipinski definition) is 3. The van der Waals surface area contributed by atoms with E-state index in [-0.39, 0.29) is 0 Å². The van der Waals surface area contributed by atoms with E-state index >= 15 is 0 Å². The molecule has 2 rings (SSSR count). The summed E-state index contributed by atoms with van der Waals surface area (Å²) in [6, 6.07) is 0.945. The molecule has 1 aromatic rings. The van der Waals surface area contributed by atoms with Crippen LogP contribution in [0.2, 0.25) is 0 Å². The number of nitrogens with one attached hydrogen (secondary N) is 1. The summed E-state index contributed by atoms with van der Waals surface area (Å²) in [5.41, 5.74) is 4.04. The van der Waals surface area contributed by atoms with Crippen molar-refractivity contribution in [3.05, 3.63) is 17.0 Å². The fourth-order valence-electron chi connectivity index (χ4n) is 2.74. The molecule has 1 unspecified atom stereocenters. The Labute approximate surface area is 116 Å². The molecule has 0 bridgehead atoms. The van der Waals surface area contributed by atoms with Crippen molar-refractivity contribution in [2.75, 3.05) is 13.2 Å². The molecule has 1 aliphatic rings. The molecule has 0 radical (unpaired) electrons. The molecule has 1 fully saturated rings. The molecule has 108 valence electrons. The normalized spacial score (nSPS) is 19.5. The van der Waals surface area contributed by atoms with Crippen molar-refractivity contribution >= 4 is 0 Å². The second-order valence-electron chi connectivity index (χ2n) is 5.58. The van der Waals surface area contributed by atoms with Crippen molar-refractivity contribution in [2.24, 2.45) is 0 Å². The van der Waals surface area contributed by atoms with Crippen LogP contribution in [-0.2, 0) is 24.1 Å². The van der Waals surface area contributed by atoms with Crippen molar-refractivity contribution in [2.45, 2.75) is 65.6 Å². The van der Waals surface area contributed by atoms with E-state index in [1.54, 1.807) is 0 Å². The van der Waals surface area contributed by atoms with E-state index in [1.807, 2.05) is 0 Å². The maximum Gasteiger partial charge on any atom is 0.0777 e. The number of hydrogen-bond donors (Lipinski definition) is 1. The maximum atomic E-state index is 5.52. The summed E-state index contributed by atoms with van der Waals surface area (Å²) in [6.07, 6.45) is 3.14. The zero-order valence-corrected chi connectivity index (χ0v) is 12.7. The highest BCUT2D eigenvalue weighted by molar-refractivity contribution is 5.27. The van der Waals surface area contributed by atoms with E-state index in [1.165, 1.54) is 17.0 Å². The van der Waals surface area contributed by atoms with Crippen molar-refractivity contribution in [1.82, 2.24) is 15.1 Å². The van der Waals surface area contributed by atoms with Crippen LogP contribution in [0.1, 0.15) is 57.1 Å². The highest BCUT2D eigenvalue weighted by Gasteiger charge is 2.24. The van der Waals surface area contributed by atoms with Gasteiger partial charge >= 0.3 is 0 Å². The van der Waals surface area contributed by atoms with Crippen LogP contribution >= 0.6 is 0 Å². The molecule has 2 heterocycles. The molecule has 19 heavy (non-hydrogen) atoms. The molecular formula is C15H27N3O. The van der Waals surface area contributed by atoms with Crippen molar-refractivity contribution in [3.63, 3.8) is 0 Å². The average molecular weight is 265 g/mol. The number of ether oxygens (including phenoxy) is 1.